The molecule has 0 heterocycles. The van der Waals surface area contributed by atoms with Crippen LogP contribution in [0.1, 0.15) is 57.7 Å². The molecular formula is C16H24BrNO3. The number of carbonyl (C=O) groups excluding carboxylic acids is 1. The second-order valence-corrected chi connectivity index (χ2v) is 7.17. The summed E-state index contributed by atoms with van der Waals surface area (Å²) in [6.07, 6.45) is -0.540. The summed E-state index contributed by atoms with van der Waals surface area (Å²) in [5, 5.41) is 12.2. The Balaban J connectivity index is 2.88. The maximum Gasteiger partial charge on any atom is 0.408 e. The molecule has 1 rings (SSSR count). The number of alkyl carbamates (subject to hydrolysis) is 1. The summed E-state index contributed by atoms with van der Waals surface area (Å²) >= 11 is 3.50. The molecule has 0 saturated carbocycles. The van der Waals surface area contributed by atoms with Gasteiger partial charge >= 0.3 is 6.09 Å². The van der Waals surface area contributed by atoms with Gasteiger partial charge in [0.2, 0.25) is 0 Å². The first-order valence-corrected chi connectivity index (χ1v) is 7.83. The number of aliphatic hydroxyl groups excluding tert-OH is 1. The number of halogens is 1. The van der Waals surface area contributed by atoms with E-state index in [-0.39, 0.29) is 6.61 Å². The van der Waals surface area contributed by atoms with Gasteiger partial charge in [-0.25, -0.2) is 4.79 Å². The van der Waals surface area contributed by atoms with E-state index in [1.807, 2.05) is 18.2 Å². The van der Waals surface area contributed by atoms with E-state index in [0.29, 0.717) is 5.92 Å². The topological polar surface area (TPSA) is 58.6 Å². The van der Waals surface area contributed by atoms with E-state index in [1.165, 1.54) is 5.56 Å². The van der Waals surface area contributed by atoms with E-state index in [4.69, 9.17) is 4.74 Å². The van der Waals surface area contributed by atoms with Crippen molar-refractivity contribution < 1.29 is 14.6 Å². The number of aliphatic hydroxyl groups is 1. The van der Waals surface area contributed by atoms with E-state index < -0.39 is 17.7 Å². The molecule has 1 atom stereocenters. The Morgan fingerprint density at radius 1 is 1.38 bits per heavy atom. The smallest absolute Gasteiger partial charge is 0.408 e. The van der Waals surface area contributed by atoms with Crippen molar-refractivity contribution in [1.29, 1.82) is 0 Å². The molecule has 0 spiro atoms. The quantitative estimate of drug-likeness (QED) is 0.851. The Kier molecular flexibility index (Phi) is 6.23. The molecule has 0 aromatic heterocycles. The summed E-state index contributed by atoms with van der Waals surface area (Å²) in [5.41, 5.74) is 1.45. The summed E-state index contributed by atoms with van der Waals surface area (Å²) in [5.74, 6) is 0.418. The Bertz CT molecular complexity index is 495. The van der Waals surface area contributed by atoms with Crippen molar-refractivity contribution in [2.45, 2.75) is 52.2 Å². The summed E-state index contributed by atoms with van der Waals surface area (Å²) in [7, 11) is 0. The van der Waals surface area contributed by atoms with E-state index in [1.54, 1.807) is 20.8 Å². The largest absolute Gasteiger partial charge is 0.444 e. The first-order valence-electron chi connectivity index (χ1n) is 7.03. The number of rotatable bonds is 4. The van der Waals surface area contributed by atoms with Crippen LogP contribution in [0.3, 0.4) is 0 Å². The zero-order valence-corrected chi connectivity index (χ0v) is 14.8. The highest BCUT2D eigenvalue weighted by atomic mass is 79.9. The van der Waals surface area contributed by atoms with Crippen LogP contribution in [-0.2, 0) is 4.74 Å². The average Bonchev–Trinajstić information content (AvgIpc) is 2.34. The van der Waals surface area contributed by atoms with Gasteiger partial charge in [0.1, 0.15) is 5.60 Å². The molecule has 21 heavy (non-hydrogen) atoms. The van der Waals surface area contributed by atoms with E-state index in [0.717, 1.165) is 10.0 Å². The van der Waals surface area contributed by atoms with Crippen molar-refractivity contribution >= 4 is 22.0 Å². The maximum atomic E-state index is 11.8. The highest BCUT2D eigenvalue weighted by Crippen LogP contribution is 2.27. The summed E-state index contributed by atoms with van der Waals surface area (Å²) in [4.78, 5) is 11.8. The standard InChI is InChI=1S/C16H24BrNO3/c1-10(2)11-6-7-12(13(17)8-11)14(9-19)18-15(20)21-16(3,4)5/h6-8,10,14,19H,9H2,1-5H3,(H,18,20)/t14-/m0/s1. The minimum atomic E-state index is -0.567. The molecule has 0 aliphatic rings. The molecule has 1 amide bonds. The SMILES string of the molecule is CC(C)c1ccc([C@H](CO)NC(=O)OC(C)(C)C)c(Br)c1. The van der Waals surface area contributed by atoms with Crippen molar-refractivity contribution in [3.05, 3.63) is 33.8 Å². The molecule has 0 aliphatic carbocycles. The highest BCUT2D eigenvalue weighted by molar-refractivity contribution is 9.10. The van der Waals surface area contributed by atoms with Crippen LogP contribution >= 0.6 is 15.9 Å². The zero-order chi connectivity index (χ0) is 16.2. The second-order valence-electron chi connectivity index (χ2n) is 6.32. The molecule has 118 valence electrons. The number of hydrogen-bond donors (Lipinski definition) is 2. The molecule has 0 fully saturated rings. The minimum absolute atomic E-state index is 0.196. The van der Waals surface area contributed by atoms with Gasteiger partial charge in [-0.3, -0.25) is 0 Å². The minimum Gasteiger partial charge on any atom is -0.444 e. The number of ether oxygens (including phenoxy) is 1. The molecule has 1 aromatic carbocycles. The number of carbonyl (C=O) groups is 1. The molecule has 5 heteroatoms. The van der Waals surface area contributed by atoms with E-state index in [2.05, 4.69) is 35.1 Å². The summed E-state index contributed by atoms with van der Waals surface area (Å²) < 4.78 is 6.08. The van der Waals surface area contributed by atoms with Crippen molar-refractivity contribution in [1.82, 2.24) is 5.32 Å². The lowest BCUT2D eigenvalue weighted by Gasteiger charge is -2.23. The lowest BCUT2D eigenvalue weighted by molar-refractivity contribution is 0.0481. The predicted octanol–water partition coefficient (Wildman–Crippen LogP) is 4.13. The van der Waals surface area contributed by atoms with Crippen LogP contribution in [0.5, 0.6) is 0 Å². The van der Waals surface area contributed by atoms with Gasteiger partial charge in [-0.05, 0) is 43.9 Å². The molecule has 0 saturated heterocycles. The fraction of sp³-hybridized carbons (Fsp3) is 0.562. The summed E-state index contributed by atoms with van der Waals surface area (Å²) in [6.45, 7) is 9.43. The molecule has 2 N–H and O–H groups in total. The molecule has 0 bridgehead atoms. The molecule has 0 aliphatic heterocycles. The third kappa shape index (κ3) is 5.67. The number of benzene rings is 1. The van der Waals surface area contributed by atoms with Crippen molar-refractivity contribution in [2.24, 2.45) is 0 Å². The zero-order valence-electron chi connectivity index (χ0n) is 13.2. The van der Waals surface area contributed by atoms with Crippen molar-refractivity contribution in [3.63, 3.8) is 0 Å². The normalized spacial score (nSPS) is 13.1. The molecule has 4 nitrogen and oxygen atoms in total. The average molecular weight is 358 g/mol. The third-order valence-corrected chi connectivity index (χ3v) is 3.63. The molecular weight excluding hydrogens is 334 g/mol. The monoisotopic (exact) mass is 357 g/mol. The van der Waals surface area contributed by atoms with Gasteiger partial charge in [0.25, 0.3) is 0 Å². The van der Waals surface area contributed by atoms with Crippen LogP contribution in [0.25, 0.3) is 0 Å². The first-order chi connectivity index (χ1) is 9.64. The van der Waals surface area contributed by atoms with Gasteiger partial charge in [-0.1, -0.05) is 41.9 Å². The van der Waals surface area contributed by atoms with Gasteiger partial charge in [-0.15, -0.1) is 0 Å². The van der Waals surface area contributed by atoms with Gasteiger partial charge in [0, 0.05) is 4.47 Å². The lowest BCUT2D eigenvalue weighted by Crippen LogP contribution is -2.36. The fourth-order valence-electron chi connectivity index (χ4n) is 1.86. The van der Waals surface area contributed by atoms with Crippen LogP contribution in [0, 0.1) is 0 Å². The molecule has 1 aromatic rings. The van der Waals surface area contributed by atoms with Crippen LogP contribution in [-0.4, -0.2) is 23.4 Å². The number of hydrogen-bond acceptors (Lipinski definition) is 3. The molecule has 0 unspecified atom stereocenters. The van der Waals surface area contributed by atoms with Crippen molar-refractivity contribution in [3.8, 4) is 0 Å². The van der Waals surface area contributed by atoms with Crippen LogP contribution < -0.4 is 5.32 Å². The van der Waals surface area contributed by atoms with E-state index in [9.17, 15) is 9.90 Å². The predicted molar refractivity (Wildman–Crippen MR) is 87.4 cm³/mol. The Morgan fingerprint density at radius 3 is 2.43 bits per heavy atom. The third-order valence-electron chi connectivity index (χ3n) is 2.94. The Morgan fingerprint density at radius 2 is 2.00 bits per heavy atom. The van der Waals surface area contributed by atoms with Gasteiger partial charge in [0.05, 0.1) is 12.6 Å². The van der Waals surface area contributed by atoms with E-state index >= 15 is 0 Å². The highest BCUT2D eigenvalue weighted by Gasteiger charge is 2.21. The second kappa shape index (κ2) is 7.27. The Hall–Kier alpha value is -1.07. The molecule has 0 radical (unpaired) electrons. The van der Waals surface area contributed by atoms with Crippen LogP contribution in [0.2, 0.25) is 0 Å². The van der Waals surface area contributed by atoms with Crippen LogP contribution in [0.4, 0.5) is 4.79 Å². The number of nitrogens with one attached hydrogen (secondary N) is 1. The van der Waals surface area contributed by atoms with Gasteiger partial charge in [-0.2, -0.15) is 0 Å². The van der Waals surface area contributed by atoms with Crippen LogP contribution in [0.15, 0.2) is 22.7 Å². The Labute approximate surface area is 135 Å². The maximum absolute atomic E-state index is 11.8. The fourth-order valence-corrected chi connectivity index (χ4v) is 2.53. The number of amides is 1. The van der Waals surface area contributed by atoms with Gasteiger partial charge in [0.15, 0.2) is 0 Å². The first kappa shape index (κ1) is 18.0. The summed E-state index contributed by atoms with van der Waals surface area (Å²) in [6, 6.07) is 5.43. The lowest BCUT2D eigenvalue weighted by atomic mass is 9.99. The van der Waals surface area contributed by atoms with Gasteiger partial charge < -0.3 is 15.2 Å². The van der Waals surface area contributed by atoms with Crippen molar-refractivity contribution in [2.75, 3.05) is 6.61 Å².